The number of hydrogen-bond acceptors (Lipinski definition) is 6. The van der Waals surface area contributed by atoms with Crippen LogP contribution < -0.4 is 10.6 Å². The molecular weight excluding hydrogens is 500 g/mol. The Morgan fingerprint density at radius 2 is 1.85 bits per heavy atom. The second kappa shape index (κ2) is 12.9. The van der Waals surface area contributed by atoms with E-state index in [1.165, 1.54) is 0 Å². The summed E-state index contributed by atoms with van der Waals surface area (Å²) in [6.45, 7) is 5.14. The number of amides is 1. The van der Waals surface area contributed by atoms with Gasteiger partial charge in [-0.25, -0.2) is 0 Å². The molecule has 1 saturated carbocycles. The van der Waals surface area contributed by atoms with Crippen LogP contribution in [0.1, 0.15) is 75.0 Å². The zero-order valence-electron chi connectivity index (χ0n) is 23.4. The van der Waals surface area contributed by atoms with Crippen molar-refractivity contribution in [2.75, 3.05) is 17.2 Å². The minimum Gasteiger partial charge on any atom is -0.384 e. The Bertz CT molecular complexity index is 1450. The van der Waals surface area contributed by atoms with Gasteiger partial charge in [0.2, 0.25) is 5.91 Å². The normalized spacial score (nSPS) is 13.1. The zero-order chi connectivity index (χ0) is 27.9. The number of nitrogens with zero attached hydrogens (tertiary/aromatic N) is 3. The average Bonchev–Trinajstić information content (AvgIpc) is 3.77. The summed E-state index contributed by atoms with van der Waals surface area (Å²) >= 11 is 0. The van der Waals surface area contributed by atoms with Gasteiger partial charge < -0.3 is 10.6 Å². The molecule has 208 valence electrons. The summed E-state index contributed by atoms with van der Waals surface area (Å²) in [5.74, 6) is 0.955. The number of carbonyl (C=O) groups is 2. The quantitative estimate of drug-likeness (QED) is 0.120. The molecule has 8 heteroatoms. The molecule has 1 aromatic carbocycles. The van der Waals surface area contributed by atoms with Gasteiger partial charge in [0.1, 0.15) is 5.69 Å². The van der Waals surface area contributed by atoms with E-state index in [-0.39, 0.29) is 17.6 Å². The lowest BCUT2D eigenvalue weighted by Crippen LogP contribution is -2.13. The van der Waals surface area contributed by atoms with Gasteiger partial charge in [-0.15, -0.1) is 0 Å². The number of anilines is 2. The number of ketones is 1. The summed E-state index contributed by atoms with van der Waals surface area (Å²) < 4.78 is 0. The highest BCUT2D eigenvalue weighted by Crippen LogP contribution is 2.31. The molecule has 0 saturated heterocycles. The number of rotatable bonds is 14. The molecule has 0 unspecified atom stereocenters. The minimum absolute atomic E-state index is 0.0767. The Labute approximate surface area is 235 Å². The predicted octanol–water partition coefficient (Wildman–Crippen LogP) is 6.81. The topological polar surface area (TPSA) is 113 Å². The van der Waals surface area contributed by atoms with Gasteiger partial charge in [-0.05, 0) is 73.9 Å². The van der Waals surface area contributed by atoms with Crippen LogP contribution in [0, 0.1) is 11.8 Å². The van der Waals surface area contributed by atoms with Gasteiger partial charge in [-0.1, -0.05) is 32.8 Å². The fourth-order valence-electron chi connectivity index (χ4n) is 5.01. The van der Waals surface area contributed by atoms with Crippen molar-refractivity contribution in [2.24, 2.45) is 11.8 Å². The van der Waals surface area contributed by atoms with Crippen LogP contribution in [0.25, 0.3) is 22.0 Å². The first-order chi connectivity index (χ1) is 19.5. The highest BCUT2D eigenvalue weighted by atomic mass is 16.2. The number of aromatic amines is 1. The number of Topliss-reactive ketones (excluding diaryl/α,β-unsaturated/α-hetero) is 1. The Morgan fingerprint density at radius 3 is 2.60 bits per heavy atom. The molecule has 3 heterocycles. The monoisotopic (exact) mass is 538 g/mol. The maximum atomic E-state index is 12.5. The van der Waals surface area contributed by atoms with Crippen molar-refractivity contribution in [3.63, 3.8) is 0 Å². The second-order valence-corrected chi connectivity index (χ2v) is 10.8. The van der Waals surface area contributed by atoms with Gasteiger partial charge in [0, 0.05) is 41.7 Å². The molecular formula is C32H38N6O2. The Morgan fingerprint density at radius 1 is 1.00 bits per heavy atom. The van der Waals surface area contributed by atoms with Crippen molar-refractivity contribution < 1.29 is 9.59 Å². The standard InChI is InChI=1S/C32H38N6O2/c1-3-21(4-2)7-14-31(39)30-13-11-25(20-35-30)34-15-5-6-28-27-17-23(10-12-29(27)38-37-28)24-16-26(19-33-18-24)36-32(40)22-8-9-22/h10-13,16-22,34H,3-9,14-15H2,1-2H3,(H,36,40)(H,37,38). The fourth-order valence-corrected chi connectivity index (χ4v) is 5.01. The maximum absolute atomic E-state index is 12.5. The number of carbonyl (C=O) groups excluding carboxylic acids is 2. The van der Waals surface area contributed by atoms with E-state index < -0.39 is 0 Å². The molecule has 0 atom stereocenters. The van der Waals surface area contributed by atoms with E-state index in [0.717, 1.165) is 90.6 Å². The van der Waals surface area contributed by atoms with E-state index in [1.807, 2.05) is 36.5 Å². The van der Waals surface area contributed by atoms with Gasteiger partial charge in [0.15, 0.2) is 5.78 Å². The van der Waals surface area contributed by atoms with E-state index >= 15 is 0 Å². The highest BCUT2D eigenvalue weighted by Gasteiger charge is 2.29. The molecule has 5 rings (SSSR count). The second-order valence-electron chi connectivity index (χ2n) is 10.8. The first-order valence-electron chi connectivity index (χ1n) is 14.5. The molecule has 3 aromatic heterocycles. The molecule has 0 aliphatic heterocycles. The zero-order valence-corrected chi connectivity index (χ0v) is 23.4. The summed E-state index contributed by atoms with van der Waals surface area (Å²) in [6, 6.07) is 11.9. The number of aromatic nitrogens is 4. The number of fused-ring (bicyclic) bond motifs is 1. The van der Waals surface area contributed by atoms with E-state index in [9.17, 15) is 9.59 Å². The minimum atomic E-state index is 0.0767. The Hall–Kier alpha value is -4.07. The smallest absolute Gasteiger partial charge is 0.227 e. The molecule has 1 aliphatic carbocycles. The van der Waals surface area contributed by atoms with E-state index in [1.54, 1.807) is 12.4 Å². The molecule has 40 heavy (non-hydrogen) atoms. The predicted molar refractivity (Wildman–Crippen MR) is 159 cm³/mol. The van der Waals surface area contributed by atoms with Crippen molar-refractivity contribution in [3.8, 4) is 11.1 Å². The van der Waals surface area contributed by atoms with Crippen molar-refractivity contribution in [1.29, 1.82) is 0 Å². The summed E-state index contributed by atoms with van der Waals surface area (Å²) in [4.78, 5) is 33.4. The molecule has 0 radical (unpaired) electrons. The van der Waals surface area contributed by atoms with Crippen molar-refractivity contribution in [1.82, 2.24) is 20.2 Å². The first-order valence-corrected chi connectivity index (χ1v) is 14.5. The molecule has 1 fully saturated rings. The molecule has 8 nitrogen and oxygen atoms in total. The summed E-state index contributed by atoms with van der Waals surface area (Å²) in [6.07, 6.45) is 12.7. The third kappa shape index (κ3) is 6.92. The van der Waals surface area contributed by atoms with Crippen molar-refractivity contribution >= 4 is 34.0 Å². The molecule has 1 amide bonds. The van der Waals surface area contributed by atoms with E-state index in [4.69, 9.17) is 0 Å². The lowest BCUT2D eigenvalue weighted by molar-refractivity contribution is -0.117. The lowest BCUT2D eigenvalue weighted by Gasteiger charge is -2.11. The average molecular weight is 539 g/mol. The van der Waals surface area contributed by atoms with Crippen LogP contribution >= 0.6 is 0 Å². The first kappa shape index (κ1) is 27.5. The molecule has 0 spiro atoms. The van der Waals surface area contributed by atoms with Crippen LogP contribution in [0.2, 0.25) is 0 Å². The maximum Gasteiger partial charge on any atom is 0.227 e. The largest absolute Gasteiger partial charge is 0.384 e. The van der Waals surface area contributed by atoms with Crippen LogP contribution in [-0.2, 0) is 11.2 Å². The van der Waals surface area contributed by atoms with Crippen LogP contribution in [0.3, 0.4) is 0 Å². The number of hydrogen-bond donors (Lipinski definition) is 3. The van der Waals surface area contributed by atoms with Gasteiger partial charge >= 0.3 is 0 Å². The van der Waals surface area contributed by atoms with Crippen LogP contribution in [0.15, 0.2) is 55.0 Å². The fraction of sp³-hybridized carbons (Fsp3) is 0.406. The van der Waals surface area contributed by atoms with Crippen molar-refractivity contribution in [3.05, 3.63) is 66.4 Å². The van der Waals surface area contributed by atoms with Gasteiger partial charge in [0.05, 0.1) is 29.3 Å². The lowest BCUT2D eigenvalue weighted by atomic mass is 9.95. The summed E-state index contributed by atoms with van der Waals surface area (Å²) in [5.41, 5.74) is 6.17. The molecule has 4 aromatic rings. The number of nitrogens with one attached hydrogen (secondary N) is 3. The van der Waals surface area contributed by atoms with E-state index in [0.29, 0.717) is 18.0 Å². The Balaban J connectivity index is 1.14. The van der Waals surface area contributed by atoms with Crippen LogP contribution in [0.4, 0.5) is 11.4 Å². The third-order valence-electron chi connectivity index (χ3n) is 7.84. The Kier molecular flexibility index (Phi) is 8.84. The molecule has 3 N–H and O–H groups in total. The molecule has 1 aliphatic rings. The summed E-state index contributed by atoms with van der Waals surface area (Å²) in [7, 11) is 0. The third-order valence-corrected chi connectivity index (χ3v) is 7.84. The van der Waals surface area contributed by atoms with Gasteiger partial charge in [-0.2, -0.15) is 5.10 Å². The van der Waals surface area contributed by atoms with Gasteiger partial charge in [0.25, 0.3) is 0 Å². The summed E-state index contributed by atoms with van der Waals surface area (Å²) in [5, 5.41) is 15.1. The number of H-pyrrole nitrogens is 1. The molecule has 0 bridgehead atoms. The number of aryl methyl sites for hydroxylation is 1. The van der Waals surface area contributed by atoms with Gasteiger partial charge in [-0.3, -0.25) is 24.7 Å². The van der Waals surface area contributed by atoms with Crippen LogP contribution in [-0.4, -0.2) is 38.4 Å². The number of benzene rings is 1. The number of pyridine rings is 2. The highest BCUT2D eigenvalue weighted by molar-refractivity contribution is 5.95. The van der Waals surface area contributed by atoms with Crippen molar-refractivity contribution in [2.45, 2.75) is 65.2 Å². The van der Waals surface area contributed by atoms with Crippen LogP contribution in [0.5, 0.6) is 0 Å². The van der Waals surface area contributed by atoms with E-state index in [2.05, 4.69) is 50.7 Å². The SMILES string of the molecule is CCC(CC)CCC(=O)c1ccc(NCCCc2[nH]nc3ccc(-c4cncc(NC(=O)C5CC5)c4)cc23)cn1.